The molecular formula is C37H41Cl2F3N8O3. The first-order valence-corrected chi connectivity index (χ1v) is 18.1. The van der Waals surface area contributed by atoms with Crippen molar-refractivity contribution in [3.63, 3.8) is 0 Å². The molecule has 0 N–H and O–H groups in total. The molecule has 0 spiro atoms. The average Bonchev–Trinajstić information content (AvgIpc) is 3.75. The fourth-order valence-corrected chi connectivity index (χ4v) is 7.09. The Balaban J connectivity index is 1.14. The molecule has 3 aromatic carbocycles. The van der Waals surface area contributed by atoms with Gasteiger partial charge in [-0.3, -0.25) is 4.79 Å². The van der Waals surface area contributed by atoms with Crippen LogP contribution in [-0.2, 0) is 11.3 Å². The lowest BCUT2D eigenvalue weighted by molar-refractivity contribution is -0.174. The van der Waals surface area contributed by atoms with Crippen molar-refractivity contribution in [3.8, 4) is 5.75 Å². The number of para-hydroxylation sites is 2. The van der Waals surface area contributed by atoms with Gasteiger partial charge in [-0.1, -0.05) is 47.5 Å². The quantitative estimate of drug-likeness (QED) is 0.121. The number of ether oxygens (including phenoxy) is 2. The molecule has 2 aliphatic heterocycles. The van der Waals surface area contributed by atoms with Gasteiger partial charge in [-0.05, 0) is 78.7 Å². The van der Waals surface area contributed by atoms with Crippen molar-refractivity contribution in [2.45, 2.75) is 37.5 Å². The molecule has 1 fully saturated rings. The number of rotatable bonds is 14. The van der Waals surface area contributed by atoms with Gasteiger partial charge in [0, 0.05) is 45.7 Å². The van der Waals surface area contributed by atoms with Gasteiger partial charge in [0.15, 0.2) is 0 Å². The number of aromatic nitrogens is 2. The van der Waals surface area contributed by atoms with Crippen molar-refractivity contribution in [1.29, 1.82) is 0 Å². The first kappa shape index (κ1) is 38.5. The molecule has 6 rings (SSSR count). The molecule has 0 radical (unpaired) electrons. The molecule has 16 heteroatoms. The summed E-state index contributed by atoms with van der Waals surface area (Å²) in [6.45, 7) is 3.08. The van der Waals surface area contributed by atoms with E-state index in [0.717, 1.165) is 67.1 Å². The zero-order chi connectivity index (χ0) is 37.5. The normalized spacial score (nSPS) is 17.0. The zero-order valence-corrected chi connectivity index (χ0v) is 31.0. The van der Waals surface area contributed by atoms with Gasteiger partial charge in [-0.2, -0.15) is 18.3 Å². The number of hydrogen-bond acceptors (Lipinski definition) is 9. The van der Waals surface area contributed by atoms with Gasteiger partial charge in [0.05, 0.1) is 46.6 Å². The Hall–Kier alpha value is -4.24. The third-order valence-electron chi connectivity index (χ3n) is 9.51. The van der Waals surface area contributed by atoms with Crippen molar-refractivity contribution in [3.05, 3.63) is 87.4 Å². The number of nitrogens with zero attached hydrogens (tertiary/aromatic N) is 8. The first-order chi connectivity index (χ1) is 25.5. The Morgan fingerprint density at radius 3 is 2.60 bits per heavy atom. The Morgan fingerprint density at radius 1 is 1.02 bits per heavy atom. The number of methoxy groups -OCH3 is 1. The molecule has 0 saturated carbocycles. The number of anilines is 1. The molecule has 53 heavy (non-hydrogen) atoms. The van der Waals surface area contributed by atoms with Crippen molar-refractivity contribution in [1.82, 2.24) is 19.4 Å². The average molecular weight is 774 g/mol. The molecule has 2 unspecified atom stereocenters. The van der Waals surface area contributed by atoms with Crippen LogP contribution in [0.1, 0.15) is 46.3 Å². The predicted octanol–water partition coefficient (Wildman–Crippen LogP) is 7.88. The molecule has 3 heterocycles. The van der Waals surface area contributed by atoms with Crippen molar-refractivity contribution < 1.29 is 27.4 Å². The summed E-state index contributed by atoms with van der Waals surface area (Å²) in [5.74, 6) is 0.918. The summed E-state index contributed by atoms with van der Waals surface area (Å²) in [6.07, 6.45) is -1.15. The van der Waals surface area contributed by atoms with E-state index in [0.29, 0.717) is 34.4 Å². The standard InChI is InChI=1S/C37H41Cl2F3N8O3/c1-47(35(51)28-20-26(9-11-34(28)52-2)32-22-43-46-45-32)23-27(25-8-10-29(38)30(39)21-25)12-15-48-13-5-14-49(17-16-48)36-44-31-6-3-4-7-33(31)50(36)18-19-53-24-37(40,41)42/h3-4,6-11,20-22,27,32H,5,12-19,23-24H2,1-2H3. The van der Waals surface area contributed by atoms with Gasteiger partial charge < -0.3 is 28.7 Å². The van der Waals surface area contributed by atoms with Crippen LogP contribution in [0.5, 0.6) is 5.75 Å². The molecule has 1 saturated heterocycles. The minimum atomic E-state index is -4.38. The Labute approximate surface area is 316 Å². The van der Waals surface area contributed by atoms with Crippen LogP contribution in [0.25, 0.3) is 11.0 Å². The van der Waals surface area contributed by atoms with Gasteiger partial charge in [-0.25, -0.2) is 4.98 Å². The minimum Gasteiger partial charge on any atom is -0.496 e. The maximum Gasteiger partial charge on any atom is 0.411 e. The highest BCUT2D eigenvalue weighted by Gasteiger charge is 2.28. The van der Waals surface area contributed by atoms with E-state index in [1.165, 1.54) is 7.11 Å². The molecule has 282 valence electrons. The summed E-state index contributed by atoms with van der Waals surface area (Å²) in [5.41, 5.74) is 3.81. The lowest BCUT2D eigenvalue weighted by atomic mass is 9.94. The second kappa shape index (κ2) is 17.3. The van der Waals surface area contributed by atoms with E-state index < -0.39 is 12.8 Å². The second-order valence-electron chi connectivity index (χ2n) is 13.1. The molecule has 1 aromatic heterocycles. The number of hydrogen-bond donors (Lipinski definition) is 0. The third kappa shape index (κ3) is 9.66. The summed E-state index contributed by atoms with van der Waals surface area (Å²) in [4.78, 5) is 25.1. The molecule has 4 aromatic rings. The van der Waals surface area contributed by atoms with Crippen LogP contribution in [0.4, 0.5) is 19.1 Å². The number of amides is 1. The fourth-order valence-electron chi connectivity index (χ4n) is 6.79. The predicted molar refractivity (Wildman–Crippen MR) is 200 cm³/mol. The number of carbonyl (C=O) groups is 1. The van der Waals surface area contributed by atoms with Gasteiger partial charge in [0.1, 0.15) is 18.4 Å². The Kier molecular flexibility index (Phi) is 12.5. The summed E-state index contributed by atoms with van der Waals surface area (Å²) >= 11 is 12.8. The number of halogens is 5. The first-order valence-electron chi connectivity index (χ1n) is 17.4. The van der Waals surface area contributed by atoms with E-state index in [-0.39, 0.29) is 31.0 Å². The van der Waals surface area contributed by atoms with Crippen LogP contribution in [0.3, 0.4) is 0 Å². The van der Waals surface area contributed by atoms with Crippen molar-refractivity contribution in [2.24, 2.45) is 15.4 Å². The van der Waals surface area contributed by atoms with Crippen molar-refractivity contribution >= 4 is 52.3 Å². The van der Waals surface area contributed by atoms with Gasteiger partial charge >= 0.3 is 6.18 Å². The summed E-state index contributed by atoms with van der Waals surface area (Å²) in [5, 5.41) is 12.5. The maximum atomic E-state index is 14.0. The van der Waals surface area contributed by atoms with Crippen molar-refractivity contribution in [2.75, 3.05) is 71.5 Å². The van der Waals surface area contributed by atoms with E-state index in [2.05, 4.69) is 25.2 Å². The van der Waals surface area contributed by atoms with E-state index in [1.807, 2.05) is 47.0 Å². The third-order valence-corrected chi connectivity index (χ3v) is 10.3. The number of carbonyl (C=O) groups excluding carboxylic acids is 1. The summed E-state index contributed by atoms with van der Waals surface area (Å²) in [6, 6.07) is 18.3. The van der Waals surface area contributed by atoms with Crippen LogP contribution in [-0.4, -0.2) is 104 Å². The van der Waals surface area contributed by atoms with Crippen LogP contribution >= 0.6 is 23.2 Å². The number of imidazole rings is 1. The largest absolute Gasteiger partial charge is 0.496 e. The van der Waals surface area contributed by atoms with Crippen LogP contribution in [0.2, 0.25) is 10.0 Å². The molecule has 0 bridgehead atoms. The number of alkyl halides is 3. The molecular weight excluding hydrogens is 732 g/mol. The number of likely N-dealkylation sites (N-methyl/N-ethyl adjacent to an activating group) is 1. The highest BCUT2D eigenvalue weighted by atomic mass is 35.5. The lowest BCUT2D eigenvalue weighted by Gasteiger charge is -2.28. The van der Waals surface area contributed by atoms with E-state index >= 15 is 0 Å². The molecule has 2 aliphatic rings. The SMILES string of the molecule is COc1ccc(C2C=NN=N2)cc1C(=O)N(C)CC(CCN1CCCN(c2nc3ccccc3n2CCOCC(F)(F)F)CC1)c1ccc(Cl)c(Cl)c1. The maximum absolute atomic E-state index is 14.0. The summed E-state index contributed by atoms with van der Waals surface area (Å²) < 4.78 is 50.6. The number of benzene rings is 3. The van der Waals surface area contributed by atoms with Gasteiger partial charge in [0.2, 0.25) is 5.95 Å². The van der Waals surface area contributed by atoms with E-state index in [1.54, 1.807) is 36.4 Å². The highest BCUT2D eigenvalue weighted by Crippen LogP contribution is 2.32. The van der Waals surface area contributed by atoms with Crippen LogP contribution in [0.15, 0.2) is 76.1 Å². The monoisotopic (exact) mass is 772 g/mol. The molecule has 2 atom stereocenters. The van der Waals surface area contributed by atoms with Gasteiger partial charge in [-0.15, -0.1) is 5.10 Å². The van der Waals surface area contributed by atoms with E-state index in [4.69, 9.17) is 37.7 Å². The molecule has 0 aliphatic carbocycles. The smallest absolute Gasteiger partial charge is 0.411 e. The van der Waals surface area contributed by atoms with Gasteiger partial charge in [0.25, 0.3) is 5.91 Å². The molecule has 11 nitrogen and oxygen atoms in total. The lowest BCUT2D eigenvalue weighted by Crippen LogP contribution is -2.35. The second-order valence-corrected chi connectivity index (χ2v) is 13.9. The Bertz CT molecular complexity index is 1940. The highest BCUT2D eigenvalue weighted by molar-refractivity contribution is 6.42. The fraction of sp³-hybridized carbons (Fsp3) is 0.432. The zero-order valence-electron chi connectivity index (χ0n) is 29.5. The minimum absolute atomic E-state index is 0.0658. The van der Waals surface area contributed by atoms with Crippen LogP contribution in [0, 0.1) is 0 Å². The number of fused-ring (bicyclic) bond motifs is 1. The Morgan fingerprint density at radius 2 is 1.85 bits per heavy atom. The van der Waals surface area contributed by atoms with E-state index in [9.17, 15) is 18.0 Å². The topological polar surface area (TPSA) is 100 Å². The molecule has 1 amide bonds. The van der Waals surface area contributed by atoms with Crippen LogP contribution < -0.4 is 9.64 Å². The summed E-state index contributed by atoms with van der Waals surface area (Å²) in [7, 11) is 3.31.